The number of nitrogens with zero attached hydrogens (tertiary/aromatic N) is 1. The number of benzene rings is 2. The van der Waals surface area contributed by atoms with E-state index in [1.54, 1.807) is 6.92 Å². The zero-order valence-corrected chi connectivity index (χ0v) is 18.3. The van der Waals surface area contributed by atoms with Crippen molar-refractivity contribution < 1.29 is 14.3 Å². The number of hydrogen-bond acceptors (Lipinski definition) is 3. The second kappa shape index (κ2) is 8.03. The molecule has 31 heavy (non-hydrogen) atoms. The number of ether oxygens (including phenoxy) is 1. The van der Waals surface area contributed by atoms with Gasteiger partial charge in [-0.05, 0) is 74.8 Å². The van der Waals surface area contributed by atoms with Gasteiger partial charge >= 0.3 is 0 Å². The normalized spacial score (nSPS) is 21.2. The molecule has 162 valence electrons. The van der Waals surface area contributed by atoms with Crippen molar-refractivity contribution >= 4 is 11.8 Å². The Morgan fingerprint density at radius 1 is 1.10 bits per heavy atom. The van der Waals surface area contributed by atoms with E-state index in [4.69, 9.17) is 4.74 Å². The van der Waals surface area contributed by atoms with Crippen LogP contribution >= 0.6 is 0 Å². The van der Waals surface area contributed by atoms with Crippen molar-refractivity contribution in [2.75, 3.05) is 6.54 Å². The van der Waals surface area contributed by atoms with E-state index in [9.17, 15) is 9.59 Å². The minimum Gasteiger partial charge on any atom is -0.481 e. The molecule has 2 aliphatic carbocycles. The minimum atomic E-state index is -0.552. The molecule has 3 aliphatic rings. The molecule has 0 unspecified atom stereocenters. The first-order valence-electron chi connectivity index (χ1n) is 11.5. The van der Waals surface area contributed by atoms with E-state index in [0.29, 0.717) is 11.8 Å². The van der Waals surface area contributed by atoms with Gasteiger partial charge in [0, 0.05) is 18.5 Å². The highest BCUT2D eigenvalue weighted by molar-refractivity contribution is 5.82. The van der Waals surface area contributed by atoms with Crippen LogP contribution in [-0.4, -0.2) is 35.4 Å². The Morgan fingerprint density at radius 2 is 1.90 bits per heavy atom. The van der Waals surface area contributed by atoms with E-state index in [-0.39, 0.29) is 23.8 Å². The van der Waals surface area contributed by atoms with Gasteiger partial charge in [-0.25, -0.2) is 0 Å². The topological polar surface area (TPSA) is 58.6 Å². The zero-order chi connectivity index (χ0) is 21.5. The smallest absolute Gasteiger partial charge is 0.260 e. The third-order valence-corrected chi connectivity index (χ3v) is 6.52. The SMILES string of the molecule is Cc1cccc([C@H]2c3cc(O[C@H](C)C(=O)NC4CC4)ccc3CCN2C(=O)C2CC2)c1. The van der Waals surface area contributed by atoms with Crippen LogP contribution in [0.3, 0.4) is 0 Å². The molecule has 2 amide bonds. The van der Waals surface area contributed by atoms with Crippen LogP contribution in [0.4, 0.5) is 0 Å². The Labute approximate surface area is 183 Å². The maximum absolute atomic E-state index is 13.1. The summed E-state index contributed by atoms with van der Waals surface area (Å²) in [6.07, 6.45) is 4.40. The van der Waals surface area contributed by atoms with Crippen LogP contribution in [0.5, 0.6) is 5.75 Å². The molecular formula is C26H30N2O3. The Morgan fingerprint density at radius 3 is 2.61 bits per heavy atom. The number of carbonyl (C=O) groups is 2. The molecule has 2 fully saturated rings. The summed E-state index contributed by atoms with van der Waals surface area (Å²) in [6, 6.07) is 14.7. The molecule has 0 spiro atoms. The molecular weight excluding hydrogens is 388 g/mol. The van der Waals surface area contributed by atoms with Crippen LogP contribution in [0, 0.1) is 12.8 Å². The van der Waals surface area contributed by atoms with E-state index in [1.807, 2.05) is 12.1 Å². The highest BCUT2D eigenvalue weighted by Gasteiger charge is 2.39. The van der Waals surface area contributed by atoms with E-state index >= 15 is 0 Å². The quantitative estimate of drug-likeness (QED) is 0.773. The van der Waals surface area contributed by atoms with Gasteiger partial charge in [0.25, 0.3) is 5.91 Å². The van der Waals surface area contributed by atoms with Crippen LogP contribution < -0.4 is 10.1 Å². The van der Waals surface area contributed by atoms with E-state index in [1.165, 1.54) is 11.1 Å². The fourth-order valence-corrected chi connectivity index (χ4v) is 4.47. The number of carbonyl (C=O) groups excluding carboxylic acids is 2. The molecule has 0 saturated heterocycles. The maximum Gasteiger partial charge on any atom is 0.260 e. The van der Waals surface area contributed by atoms with Crippen molar-refractivity contribution in [1.82, 2.24) is 10.2 Å². The van der Waals surface area contributed by atoms with Crippen molar-refractivity contribution in [2.45, 2.75) is 64.1 Å². The average molecular weight is 419 g/mol. The standard InChI is InChI=1S/C26H30N2O3/c1-16-4-3-5-20(14-16)24-23-15-22(31-17(2)25(29)27-21-9-10-21)11-8-18(23)12-13-28(24)26(30)19-6-7-19/h3-5,8,11,14-15,17,19,21,24H,6-7,9-10,12-13H2,1-2H3,(H,27,29)/t17-,24+/m1/s1. The molecule has 0 radical (unpaired) electrons. The third-order valence-electron chi connectivity index (χ3n) is 6.52. The van der Waals surface area contributed by atoms with Gasteiger partial charge in [-0.1, -0.05) is 35.9 Å². The average Bonchev–Trinajstić information content (AvgIpc) is 3.67. The van der Waals surface area contributed by atoms with Crippen molar-refractivity contribution in [3.05, 3.63) is 64.7 Å². The van der Waals surface area contributed by atoms with Crippen LogP contribution in [0.25, 0.3) is 0 Å². The number of aryl methyl sites for hydroxylation is 1. The lowest BCUT2D eigenvalue weighted by Crippen LogP contribution is -2.41. The van der Waals surface area contributed by atoms with Crippen LogP contribution in [0.1, 0.15) is 60.9 Å². The van der Waals surface area contributed by atoms with Gasteiger partial charge in [0.05, 0.1) is 6.04 Å². The molecule has 2 saturated carbocycles. The molecule has 2 aromatic carbocycles. The summed E-state index contributed by atoms with van der Waals surface area (Å²) in [7, 11) is 0. The van der Waals surface area contributed by atoms with Crippen LogP contribution in [-0.2, 0) is 16.0 Å². The lowest BCUT2D eigenvalue weighted by molar-refractivity contribution is -0.134. The molecule has 1 heterocycles. The van der Waals surface area contributed by atoms with Crippen molar-refractivity contribution in [3.63, 3.8) is 0 Å². The summed E-state index contributed by atoms with van der Waals surface area (Å²) in [5, 5.41) is 3.00. The lowest BCUT2D eigenvalue weighted by Gasteiger charge is -2.38. The van der Waals surface area contributed by atoms with Crippen molar-refractivity contribution in [3.8, 4) is 5.75 Å². The van der Waals surface area contributed by atoms with Gasteiger partial charge < -0.3 is 15.0 Å². The number of amides is 2. The first-order valence-corrected chi connectivity index (χ1v) is 11.5. The van der Waals surface area contributed by atoms with Gasteiger partial charge in [0.1, 0.15) is 5.75 Å². The van der Waals surface area contributed by atoms with E-state index < -0.39 is 6.10 Å². The molecule has 2 aromatic rings. The molecule has 5 nitrogen and oxygen atoms in total. The van der Waals surface area contributed by atoms with Crippen molar-refractivity contribution in [2.24, 2.45) is 5.92 Å². The van der Waals surface area contributed by atoms with Crippen LogP contribution in [0.2, 0.25) is 0 Å². The molecule has 0 bridgehead atoms. The van der Waals surface area contributed by atoms with Gasteiger partial charge in [0.15, 0.2) is 6.10 Å². The van der Waals surface area contributed by atoms with Crippen molar-refractivity contribution in [1.29, 1.82) is 0 Å². The van der Waals surface area contributed by atoms with E-state index in [2.05, 4.69) is 47.5 Å². The Balaban J connectivity index is 1.46. The first-order chi connectivity index (χ1) is 15.0. The molecule has 5 rings (SSSR count). The molecule has 2 atom stereocenters. The highest BCUT2D eigenvalue weighted by atomic mass is 16.5. The number of nitrogens with one attached hydrogen (secondary N) is 1. The fourth-order valence-electron chi connectivity index (χ4n) is 4.47. The zero-order valence-electron chi connectivity index (χ0n) is 18.3. The molecule has 5 heteroatoms. The maximum atomic E-state index is 13.1. The van der Waals surface area contributed by atoms with E-state index in [0.717, 1.165) is 49.8 Å². The van der Waals surface area contributed by atoms with Gasteiger partial charge in [-0.15, -0.1) is 0 Å². The number of fused-ring (bicyclic) bond motifs is 1. The van der Waals surface area contributed by atoms with Crippen LogP contribution in [0.15, 0.2) is 42.5 Å². The second-order valence-electron chi connectivity index (χ2n) is 9.28. The predicted octanol–water partition coefficient (Wildman–Crippen LogP) is 3.93. The fraction of sp³-hybridized carbons (Fsp3) is 0.462. The Kier molecular flexibility index (Phi) is 5.20. The molecule has 1 aliphatic heterocycles. The summed E-state index contributed by atoms with van der Waals surface area (Å²) < 4.78 is 6.02. The highest BCUT2D eigenvalue weighted by Crippen LogP contribution is 2.41. The Bertz CT molecular complexity index is 1010. The number of hydrogen-bond donors (Lipinski definition) is 1. The van der Waals surface area contributed by atoms with Gasteiger partial charge in [0.2, 0.25) is 5.91 Å². The van der Waals surface area contributed by atoms with Gasteiger partial charge in [-0.2, -0.15) is 0 Å². The Hall–Kier alpha value is -2.82. The van der Waals surface area contributed by atoms with Gasteiger partial charge in [-0.3, -0.25) is 9.59 Å². The summed E-state index contributed by atoms with van der Waals surface area (Å²) >= 11 is 0. The summed E-state index contributed by atoms with van der Waals surface area (Å²) in [4.78, 5) is 27.5. The second-order valence-corrected chi connectivity index (χ2v) is 9.28. The minimum absolute atomic E-state index is 0.0685. The molecule has 0 aromatic heterocycles. The lowest BCUT2D eigenvalue weighted by atomic mass is 9.87. The summed E-state index contributed by atoms with van der Waals surface area (Å²) in [6.45, 7) is 4.61. The summed E-state index contributed by atoms with van der Waals surface area (Å²) in [5.41, 5.74) is 4.67. The third kappa shape index (κ3) is 4.32. The first kappa shape index (κ1) is 20.1. The monoisotopic (exact) mass is 418 g/mol. The summed E-state index contributed by atoms with van der Waals surface area (Å²) in [5.74, 6) is 1.05. The predicted molar refractivity (Wildman–Crippen MR) is 119 cm³/mol. The largest absolute Gasteiger partial charge is 0.481 e. The number of rotatable bonds is 6. The molecule has 1 N–H and O–H groups in total.